The molecule has 0 aliphatic heterocycles. The van der Waals surface area contributed by atoms with Gasteiger partial charge >= 0.3 is 6.18 Å². The summed E-state index contributed by atoms with van der Waals surface area (Å²) in [5.41, 5.74) is 1.13. The molecule has 6 nitrogen and oxygen atoms in total. The van der Waals surface area contributed by atoms with Gasteiger partial charge in [0.25, 0.3) is 0 Å². The molecular formula is C19H22F3N3O3S. The van der Waals surface area contributed by atoms with Gasteiger partial charge in [-0.1, -0.05) is 37.3 Å². The average Bonchev–Trinajstić information content (AvgIpc) is 2.67. The van der Waals surface area contributed by atoms with E-state index >= 15 is 0 Å². The number of sulfonamides is 1. The van der Waals surface area contributed by atoms with Gasteiger partial charge in [0, 0.05) is 5.69 Å². The Bertz CT molecular complexity index is 917. The van der Waals surface area contributed by atoms with E-state index in [4.69, 9.17) is 0 Å². The summed E-state index contributed by atoms with van der Waals surface area (Å²) in [6.07, 6.45) is -4.65. The highest BCUT2D eigenvalue weighted by molar-refractivity contribution is 7.89. The number of nitrogens with one attached hydrogen (secondary N) is 2. The second kappa shape index (κ2) is 9.38. The van der Waals surface area contributed by atoms with Crippen molar-refractivity contribution in [3.8, 4) is 0 Å². The molecule has 0 radical (unpaired) electrons. The zero-order chi connectivity index (χ0) is 21.7. The summed E-state index contributed by atoms with van der Waals surface area (Å²) in [5.74, 6) is -0.314. The Hall–Kier alpha value is -2.43. The highest BCUT2D eigenvalue weighted by atomic mass is 32.2. The molecule has 1 unspecified atom stereocenters. The van der Waals surface area contributed by atoms with Crippen molar-refractivity contribution in [2.75, 3.05) is 25.5 Å². The largest absolute Gasteiger partial charge is 0.402 e. The maximum atomic E-state index is 12.8. The lowest BCUT2D eigenvalue weighted by Gasteiger charge is -2.26. The molecule has 0 aliphatic rings. The van der Waals surface area contributed by atoms with E-state index in [2.05, 4.69) is 5.32 Å². The van der Waals surface area contributed by atoms with E-state index in [-0.39, 0.29) is 10.8 Å². The Morgan fingerprint density at radius 3 is 2.17 bits per heavy atom. The Morgan fingerprint density at radius 2 is 1.66 bits per heavy atom. The van der Waals surface area contributed by atoms with E-state index < -0.39 is 28.8 Å². The molecule has 0 aliphatic carbocycles. The number of hydrogen-bond donors (Lipinski definition) is 2. The second-order valence-corrected chi connectivity index (χ2v) is 8.11. The molecule has 10 heteroatoms. The molecule has 2 aromatic carbocycles. The van der Waals surface area contributed by atoms with Gasteiger partial charge in [-0.25, -0.2) is 13.1 Å². The first-order valence-corrected chi connectivity index (χ1v) is 10.2. The van der Waals surface area contributed by atoms with Gasteiger partial charge in [0.15, 0.2) is 0 Å². The summed E-state index contributed by atoms with van der Waals surface area (Å²) >= 11 is 0. The van der Waals surface area contributed by atoms with Crippen molar-refractivity contribution in [3.63, 3.8) is 0 Å². The summed E-state index contributed by atoms with van der Waals surface area (Å²) in [7, 11) is -2.50. The van der Waals surface area contributed by atoms with E-state index in [0.717, 1.165) is 17.7 Å². The number of carbonyl (C=O) groups is 1. The average molecular weight is 429 g/mol. The molecule has 158 valence electrons. The van der Waals surface area contributed by atoms with Crippen LogP contribution in [0.4, 0.5) is 18.9 Å². The van der Waals surface area contributed by atoms with E-state index in [9.17, 15) is 26.4 Å². The highest BCUT2D eigenvalue weighted by Gasteiger charge is 2.30. The van der Waals surface area contributed by atoms with Crippen LogP contribution in [0.15, 0.2) is 59.5 Å². The van der Waals surface area contributed by atoms with Crippen LogP contribution in [-0.2, 0) is 14.8 Å². The molecule has 2 rings (SSSR count). The third-order valence-electron chi connectivity index (χ3n) is 4.20. The number of halogens is 3. The van der Waals surface area contributed by atoms with Gasteiger partial charge in [-0.15, -0.1) is 0 Å². The standard InChI is InChI=1S/C19H22F3N3O3S/c1-3-25(2)17(14-7-5-4-6-8-14)18(26)24-15-9-11-16(12-10-15)29(27,28)23-13-19(20,21)22/h4-12,17,23H,3,13H2,1-2H3,(H,24,26). The fourth-order valence-corrected chi connectivity index (χ4v) is 3.63. The zero-order valence-electron chi connectivity index (χ0n) is 15.9. The monoisotopic (exact) mass is 429 g/mol. The zero-order valence-corrected chi connectivity index (χ0v) is 16.7. The van der Waals surface area contributed by atoms with Crippen LogP contribution in [0.5, 0.6) is 0 Å². The van der Waals surface area contributed by atoms with Gasteiger partial charge in [-0.05, 0) is 43.4 Å². The van der Waals surface area contributed by atoms with Crippen LogP contribution in [-0.4, -0.2) is 45.5 Å². The van der Waals surface area contributed by atoms with Crippen LogP contribution in [0.3, 0.4) is 0 Å². The molecule has 1 amide bonds. The number of benzene rings is 2. The summed E-state index contributed by atoms with van der Waals surface area (Å²) in [6, 6.07) is 13.5. The fourth-order valence-electron chi connectivity index (χ4n) is 2.61. The quantitative estimate of drug-likeness (QED) is 0.676. The minimum atomic E-state index is -4.65. The lowest BCUT2D eigenvalue weighted by molar-refractivity contribution is -0.122. The van der Waals surface area contributed by atoms with Crippen molar-refractivity contribution in [1.29, 1.82) is 0 Å². The molecule has 2 aromatic rings. The number of amides is 1. The molecule has 29 heavy (non-hydrogen) atoms. The first kappa shape index (κ1) is 22.9. The van der Waals surface area contributed by atoms with Crippen molar-refractivity contribution < 1.29 is 26.4 Å². The molecule has 1 atom stereocenters. The Kier molecular flexibility index (Phi) is 7.39. The summed E-state index contributed by atoms with van der Waals surface area (Å²) < 4.78 is 62.1. The SMILES string of the molecule is CCN(C)C(C(=O)Nc1ccc(S(=O)(=O)NCC(F)(F)F)cc1)c1ccccc1. The number of anilines is 1. The Labute approximate surface area is 167 Å². The third-order valence-corrected chi connectivity index (χ3v) is 5.62. The van der Waals surface area contributed by atoms with Crippen LogP contribution in [0.2, 0.25) is 0 Å². The smallest absolute Gasteiger partial charge is 0.324 e. The molecule has 0 aromatic heterocycles. The Morgan fingerprint density at radius 1 is 1.07 bits per heavy atom. The van der Waals surface area contributed by atoms with E-state index in [1.807, 2.05) is 42.2 Å². The minimum Gasteiger partial charge on any atom is -0.324 e. The van der Waals surface area contributed by atoms with Crippen molar-refractivity contribution in [2.45, 2.75) is 24.0 Å². The van der Waals surface area contributed by atoms with Gasteiger partial charge in [0.2, 0.25) is 15.9 Å². The van der Waals surface area contributed by atoms with Gasteiger partial charge in [0.1, 0.15) is 12.6 Å². The van der Waals surface area contributed by atoms with Crippen molar-refractivity contribution in [1.82, 2.24) is 9.62 Å². The third kappa shape index (κ3) is 6.55. The van der Waals surface area contributed by atoms with Crippen LogP contribution >= 0.6 is 0 Å². The number of carbonyl (C=O) groups excluding carboxylic acids is 1. The molecule has 0 saturated carbocycles. The van der Waals surface area contributed by atoms with Gasteiger partial charge in [0.05, 0.1) is 4.90 Å². The van der Waals surface area contributed by atoms with Crippen LogP contribution < -0.4 is 10.0 Å². The second-order valence-electron chi connectivity index (χ2n) is 6.34. The van der Waals surface area contributed by atoms with E-state index in [1.54, 1.807) is 7.05 Å². The molecule has 2 N–H and O–H groups in total. The predicted molar refractivity (Wildman–Crippen MR) is 104 cm³/mol. The molecule has 0 heterocycles. The summed E-state index contributed by atoms with van der Waals surface area (Å²) in [4.78, 5) is 14.3. The number of nitrogens with zero attached hydrogens (tertiary/aromatic N) is 1. The first-order valence-electron chi connectivity index (χ1n) is 8.76. The van der Waals surface area contributed by atoms with Gasteiger partial charge < -0.3 is 5.32 Å². The maximum absolute atomic E-state index is 12.8. The molecule has 0 saturated heterocycles. The maximum Gasteiger partial charge on any atom is 0.402 e. The van der Waals surface area contributed by atoms with Crippen LogP contribution in [0.1, 0.15) is 18.5 Å². The Balaban J connectivity index is 2.14. The minimum absolute atomic E-state index is 0.314. The summed E-state index contributed by atoms with van der Waals surface area (Å²) in [6.45, 7) is 0.877. The molecular weight excluding hydrogens is 407 g/mol. The highest BCUT2D eigenvalue weighted by Crippen LogP contribution is 2.22. The molecule has 0 spiro atoms. The van der Waals surface area contributed by atoms with Crippen molar-refractivity contribution >= 4 is 21.6 Å². The van der Waals surface area contributed by atoms with Crippen molar-refractivity contribution in [3.05, 3.63) is 60.2 Å². The topological polar surface area (TPSA) is 78.5 Å². The van der Waals surface area contributed by atoms with Crippen LogP contribution in [0, 0.1) is 0 Å². The molecule has 0 fully saturated rings. The number of likely N-dealkylation sites (N-methyl/N-ethyl adjacent to an activating group) is 1. The fraction of sp³-hybridized carbons (Fsp3) is 0.316. The van der Waals surface area contributed by atoms with Crippen LogP contribution in [0.25, 0.3) is 0 Å². The number of rotatable bonds is 8. The predicted octanol–water partition coefficient (Wildman–Crippen LogP) is 3.16. The molecule has 0 bridgehead atoms. The van der Waals surface area contributed by atoms with E-state index in [1.165, 1.54) is 16.9 Å². The summed E-state index contributed by atoms with van der Waals surface area (Å²) in [5, 5.41) is 2.71. The van der Waals surface area contributed by atoms with Gasteiger partial charge in [-0.3, -0.25) is 9.69 Å². The van der Waals surface area contributed by atoms with Crippen molar-refractivity contribution in [2.24, 2.45) is 0 Å². The number of alkyl halides is 3. The van der Waals surface area contributed by atoms with E-state index in [0.29, 0.717) is 12.2 Å². The number of hydrogen-bond acceptors (Lipinski definition) is 4. The first-order chi connectivity index (χ1) is 13.5. The lowest BCUT2D eigenvalue weighted by Crippen LogP contribution is -2.34. The lowest BCUT2D eigenvalue weighted by atomic mass is 10.0. The normalized spacial score (nSPS) is 13.3. The van der Waals surface area contributed by atoms with Gasteiger partial charge in [-0.2, -0.15) is 13.2 Å².